The Kier molecular flexibility index (Phi) is 6.81. The second-order valence-electron chi connectivity index (χ2n) is 8.21. The van der Waals surface area contributed by atoms with E-state index in [0.717, 1.165) is 22.3 Å². The predicted molar refractivity (Wildman–Crippen MR) is 126 cm³/mol. The van der Waals surface area contributed by atoms with Gasteiger partial charge >= 0.3 is 12.1 Å². The van der Waals surface area contributed by atoms with Gasteiger partial charge in [0.05, 0.1) is 11.7 Å². The summed E-state index contributed by atoms with van der Waals surface area (Å²) < 4.78 is 5.45. The highest BCUT2D eigenvalue weighted by atomic mass is 16.5. The van der Waals surface area contributed by atoms with Gasteiger partial charge in [0.1, 0.15) is 12.7 Å². The minimum atomic E-state index is -1.33. The second kappa shape index (κ2) is 9.94. The fourth-order valence-electron chi connectivity index (χ4n) is 4.29. The first kappa shape index (κ1) is 23.3. The molecular weight excluding hydrogens is 436 g/mol. The molecule has 2 unspecified atom stereocenters. The first-order valence-electron chi connectivity index (χ1n) is 10.9. The molecule has 0 bridgehead atoms. The number of hydrogen-bond acceptors (Lipinski definition) is 6. The third-order valence-electron chi connectivity index (χ3n) is 6.07. The maximum absolute atomic E-state index is 12.2. The molecule has 8 heteroatoms. The van der Waals surface area contributed by atoms with E-state index in [1.54, 1.807) is 0 Å². The Hall–Kier alpha value is -3.88. The van der Waals surface area contributed by atoms with E-state index in [0.29, 0.717) is 0 Å². The van der Waals surface area contributed by atoms with Crippen molar-refractivity contribution >= 4 is 17.7 Å². The summed E-state index contributed by atoms with van der Waals surface area (Å²) in [5.74, 6) is -1.28. The van der Waals surface area contributed by atoms with E-state index in [9.17, 15) is 19.8 Å². The van der Waals surface area contributed by atoms with Crippen molar-refractivity contribution in [1.29, 1.82) is 0 Å². The zero-order chi connectivity index (χ0) is 24.2. The van der Waals surface area contributed by atoms with Gasteiger partial charge in [-0.3, -0.25) is 0 Å². The van der Waals surface area contributed by atoms with Crippen LogP contribution in [-0.4, -0.2) is 46.6 Å². The van der Waals surface area contributed by atoms with E-state index in [1.165, 1.54) is 18.2 Å². The van der Waals surface area contributed by atoms with Gasteiger partial charge in [0, 0.05) is 18.2 Å². The van der Waals surface area contributed by atoms with Gasteiger partial charge in [-0.05, 0) is 46.4 Å². The van der Waals surface area contributed by atoms with E-state index in [4.69, 9.17) is 15.6 Å². The van der Waals surface area contributed by atoms with Gasteiger partial charge in [-0.15, -0.1) is 0 Å². The number of carboxylic acids is 1. The monoisotopic (exact) mass is 462 g/mol. The summed E-state index contributed by atoms with van der Waals surface area (Å²) in [6, 6.07) is 20.1. The third-order valence-corrected chi connectivity index (χ3v) is 6.07. The van der Waals surface area contributed by atoms with E-state index >= 15 is 0 Å². The Balaban J connectivity index is 1.29. The number of nitrogens with two attached hydrogens (primary N) is 1. The van der Waals surface area contributed by atoms with Crippen LogP contribution in [0.5, 0.6) is 0 Å². The summed E-state index contributed by atoms with van der Waals surface area (Å²) in [7, 11) is 0. The number of carbonyl (C=O) groups excluding carboxylic acids is 1. The van der Waals surface area contributed by atoms with Crippen LogP contribution < -0.4 is 11.1 Å². The van der Waals surface area contributed by atoms with Crippen molar-refractivity contribution in [3.05, 3.63) is 89.0 Å². The first-order valence-corrected chi connectivity index (χ1v) is 10.9. The molecule has 6 N–H and O–H groups in total. The average Bonchev–Trinajstić information content (AvgIpc) is 3.16. The molecule has 0 spiro atoms. The molecule has 0 aromatic heterocycles. The summed E-state index contributed by atoms with van der Waals surface area (Å²) in [6.45, 7) is 0.240. The number of hydrogen-bond donors (Lipinski definition) is 5. The number of nitrogen functional groups attached to an aromatic ring is 1. The van der Waals surface area contributed by atoms with Crippen LogP contribution in [0.4, 0.5) is 10.5 Å². The Labute approximate surface area is 196 Å². The topological polar surface area (TPSA) is 142 Å². The maximum atomic E-state index is 12.2. The average molecular weight is 463 g/mol. The number of ether oxygens (including phenoxy) is 1. The number of anilines is 1. The zero-order valence-corrected chi connectivity index (χ0v) is 18.3. The van der Waals surface area contributed by atoms with Gasteiger partial charge in [0.25, 0.3) is 0 Å². The first-order chi connectivity index (χ1) is 16.4. The summed E-state index contributed by atoms with van der Waals surface area (Å²) in [6.07, 6.45) is -3.13. The Morgan fingerprint density at radius 3 is 2.21 bits per heavy atom. The number of amides is 1. The fourth-order valence-corrected chi connectivity index (χ4v) is 4.29. The van der Waals surface area contributed by atoms with Crippen LogP contribution in [0.15, 0.2) is 66.7 Å². The molecule has 3 aromatic rings. The smallest absolute Gasteiger partial charge is 0.407 e. The lowest BCUT2D eigenvalue weighted by atomic mass is 9.98. The van der Waals surface area contributed by atoms with Crippen LogP contribution in [0, 0.1) is 0 Å². The van der Waals surface area contributed by atoms with Crippen LogP contribution in [0.25, 0.3) is 11.1 Å². The van der Waals surface area contributed by atoms with Crippen molar-refractivity contribution in [2.45, 2.75) is 24.5 Å². The number of aromatic carboxylic acids is 1. The Morgan fingerprint density at radius 1 is 0.971 bits per heavy atom. The Morgan fingerprint density at radius 2 is 1.59 bits per heavy atom. The number of rotatable bonds is 8. The van der Waals surface area contributed by atoms with Gasteiger partial charge in [0.2, 0.25) is 0 Å². The molecule has 2 atom stereocenters. The van der Waals surface area contributed by atoms with E-state index in [1.807, 2.05) is 36.4 Å². The molecule has 8 nitrogen and oxygen atoms in total. The number of nitrogens with one attached hydrogen (secondary N) is 1. The molecule has 0 radical (unpaired) electrons. The summed E-state index contributed by atoms with van der Waals surface area (Å²) >= 11 is 0. The highest BCUT2D eigenvalue weighted by Crippen LogP contribution is 2.44. The van der Waals surface area contributed by atoms with Gasteiger partial charge < -0.3 is 31.1 Å². The van der Waals surface area contributed by atoms with Gasteiger partial charge in [0.15, 0.2) is 0 Å². The molecule has 1 amide bonds. The third kappa shape index (κ3) is 4.73. The number of fused-ring (bicyclic) bond motifs is 3. The van der Waals surface area contributed by atoms with Crippen molar-refractivity contribution in [3.8, 4) is 11.1 Å². The molecule has 0 heterocycles. The molecule has 176 valence electrons. The number of carboxylic acid groups (broad SMARTS) is 1. The lowest BCUT2D eigenvalue weighted by molar-refractivity contribution is 0.0136. The molecule has 4 rings (SSSR count). The molecule has 0 saturated carbocycles. The quantitative estimate of drug-likeness (QED) is 0.323. The second-order valence-corrected chi connectivity index (χ2v) is 8.21. The highest BCUT2D eigenvalue weighted by molar-refractivity contribution is 5.93. The molecule has 0 aliphatic heterocycles. The van der Waals surface area contributed by atoms with Gasteiger partial charge in [-0.2, -0.15) is 0 Å². The molecular formula is C26H26N2O6. The summed E-state index contributed by atoms with van der Waals surface area (Å²) in [4.78, 5) is 23.5. The summed E-state index contributed by atoms with van der Waals surface area (Å²) in [5.41, 5.74) is 10.2. The van der Waals surface area contributed by atoms with Crippen molar-refractivity contribution in [2.24, 2.45) is 0 Å². The number of aliphatic hydroxyl groups is 2. The van der Waals surface area contributed by atoms with Crippen molar-refractivity contribution in [2.75, 3.05) is 18.9 Å². The minimum Gasteiger partial charge on any atom is -0.478 e. The molecule has 0 fully saturated rings. The molecule has 1 aliphatic carbocycles. The van der Waals surface area contributed by atoms with Crippen LogP contribution in [0.2, 0.25) is 0 Å². The lowest BCUT2D eigenvalue weighted by Crippen LogP contribution is -2.30. The molecule has 3 aromatic carbocycles. The van der Waals surface area contributed by atoms with Crippen LogP contribution in [0.1, 0.15) is 45.5 Å². The largest absolute Gasteiger partial charge is 0.478 e. The molecule has 34 heavy (non-hydrogen) atoms. The SMILES string of the molecule is Nc1ccc(C(O)C(O)CCNC(=O)OCC2c3ccccc3-c3ccccc32)cc1C(=O)O. The maximum Gasteiger partial charge on any atom is 0.407 e. The molecule has 0 saturated heterocycles. The van der Waals surface area contributed by atoms with E-state index < -0.39 is 24.3 Å². The lowest BCUT2D eigenvalue weighted by Gasteiger charge is -2.19. The Bertz CT molecular complexity index is 1170. The minimum absolute atomic E-state index is 0.0398. The summed E-state index contributed by atoms with van der Waals surface area (Å²) in [5, 5.41) is 32.4. The van der Waals surface area contributed by atoms with Crippen molar-refractivity contribution in [3.63, 3.8) is 0 Å². The van der Waals surface area contributed by atoms with Gasteiger partial charge in [-0.1, -0.05) is 54.6 Å². The fraction of sp³-hybridized carbons (Fsp3) is 0.231. The van der Waals surface area contributed by atoms with Gasteiger partial charge in [-0.25, -0.2) is 9.59 Å². The normalized spacial score (nSPS) is 14.1. The van der Waals surface area contributed by atoms with Crippen LogP contribution in [0.3, 0.4) is 0 Å². The number of alkyl carbamates (subject to hydrolysis) is 1. The van der Waals surface area contributed by atoms with E-state index in [-0.39, 0.29) is 42.3 Å². The van der Waals surface area contributed by atoms with Crippen molar-refractivity contribution < 1.29 is 29.6 Å². The predicted octanol–water partition coefficient (Wildman–Crippen LogP) is 3.29. The van der Waals surface area contributed by atoms with Crippen LogP contribution >= 0.6 is 0 Å². The van der Waals surface area contributed by atoms with E-state index in [2.05, 4.69) is 17.4 Å². The number of carbonyl (C=O) groups is 2. The molecule has 1 aliphatic rings. The number of benzene rings is 3. The number of aliphatic hydroxyl groups excluding tert-OH is 2. The highest BCUT2D eigenvalue weighted by Gasteiger charge is 2.29. The van der Waals surface area contributed by atoms with Crippen molar-refractivity contribution in [1.82, 2.24) is 5.32 Å². The zero-order valence-electron chi connectivity index (χ0n) is 18.3. The van der Waals surface area contributed by atoms with Crippen LogP contribution in [-0.2, 0) is 4.74 Å². The standard InChI is InChI=1S/C26H26N2O6/c27-22-10-9-15(13-20(22)25(31)32)24(30)23(29)11-12-28-26(33)34-14-21-18-7-3-1-5-16(18)17-6-2-4-8-19(17)21/h1-10,13,21,23-24,29-30H,11-12,14,27H2,(H,28,33)(H,31,32).